The first-order chi connectivity index (χ1) is 13.6. The Kier molecular flexibility index (Phi) is 5.22. The van der Waals surface area contributed by atoms with Crippen LogP contribution >= 0.6 is 11.3 Å². The zero-order chi connectivity index (χ0) is 19.5. The van der Waals surface area contributed by atoms with Crippen molar-refractivity contribution in [3.05, 3.63) is 52.3 Å². The van der Waals surface area contributed by atoms with Crippen molar-refractivity contribution in [3.63, 3.8) is 0 Å². The molecule has 1 saturated heterocycles. The van der Waals surface area contributed by atoms with Crippen molar-refractivity contribution in [2.75, 3.05) is 44.2 Å². The van der Waals surface area contributed by atoms with Gasteiger partial charge in [-0.05, 0) is 18.2 Å². The van der Waals surface area contributed by atoms with Gasteiger partial charge >= 0.3 is 5.88 Å². The Morgan fingerprint density at radius 2 is 2.00 bits per heavy atom. The Morgan fingerprint density at radius 1 is 1.21 bits per heavy atom. The minimum atomic E-state index is -0.665. The molecule has 1 N–H and O–H groups in total. The molecule has 0 unspecified atom stereocenters. The molecule has 1 aliphatic rings. The number of furan rings is 1. The van der Waals surface area contributed by atoms with Crippen LogP contribution in [0.3, 0.4) is 0 Å². The Bertz CT molecular complexity index is 960. The second-order valence-corrected chi connectivity index (χ2v) is 7.45. The molecule has 3 heterocycles. The highest BCUT2D eigenvalue weighted by Crippen LogP contribution is 2.29. The number of anilines is 1. The third-order valence-electron chi connectivity index (χ3n) is 4.63. The molecule has 1 amide bonds. The van der Waals surface area contributed by atoms with Gasteiger partial charge in [0, 0.05) is 39.3 Å². The molecule has 146 valence electrons. The number of rotatable bonds is 6. The van der Waals surface area contributed by atoms with Crippen LogP contribution in [0.25, 0.3) is 10.2 Å². The Morgan fingerprint density at radius 3 is 2.71 bits per heavy atom. The maximum absolute atomic E-state index is 12.0. The lowest BCUT2D eigenvalue weighted by Gasteiger charge is -2.34. The smallest absolute Gasteiger partial charge is 0.395 e. The summed E-state index contributed by atoms with van der Waals surface area (Å²) in [6.07, 6.45) is 0. The third kappa shape index (κ3) is 3.97. The van der Waals surface area contributed by atoms with Crippen LogP contribution in [0.1, 0.15) is 10.6 Å². The van der Waals surface area contributed by atoms with Crippen molar-refractivity contribution in [2.24, 2.45) is 0 Å². The number of nitrogens with zero attached hydrogens (tertiary/aromatic N) is 4. The zero-order valence-corrected chi connectivity index (χ0v) is 15.9. The van der Waals surface area contributed by atoms with Gasteiger partial charge < -0.3 is 14.6 Å². The van der Waals surface area contributed by atoms with Gasteiger partial charge in [0.25, 0.3) is 5.91 Å². The van der Waals surface area contributed by atoms with Gasteiger partial charge in [-0.1, -0.05) is 23.5 Å². The van der Waals surface area contributed by atoms with Crippen LogP contribution in [0.15, 0.2) is 40.8 Å². The van der Waals surface area contributed by atoms with Gasteiger partial charge in [-0.2, -0.15) is 0 Å². The number of nitro groups is 1. The van der Waals surface area contributed by atoms with Crippen molar-refractivity contribution in [1.29, 1.82) is 0 Å². The molecule has 0 aliphatic carbocycles. The van der Waals surface area contributed by atoms with Crippen molar-refractivity contribution in [2.45, 2.75) is 0 Å². The Balaban J connectivity index is 1.23. The fourth-order valence-electron chi connectivity index (χ4n) is 3.12. The molecule has 0 radical (unpaired) electrons. The number of piperazine rings is 1. The van der Waals surface area contributed by atoms with Crippen molar-refractivity contribution in [1.82, 2.24) is 15.2 Å². The lowest BCUT2D eigenvalue weighted by atomic mass is 10.3. The summed E-state index contributed by atoms with van der Waals surface area (Å²) in [5.41, 5.74) is 1.03. The highest BCUT2D eigenvalue weighted by Gasteiger charge is 2.20. The number of thiazole rings is 1. The van der Waals surface area contributed by atoms with Crippen molar-refractivity contribution in [3.8, 4) is 0 Å². The number of aromatic nitrogens is 1. The first kappa shape index (κ1) is 18.4. The number of carbonyl (C=O) groups excluding carboxylic acids is 1. The van der Waals surface area contributed by atoms with Gasteiger partial charge in [0.05, 0.1) is 16.3 Å². The standard InChI is InChI=1S/C18H19N5O4S/c24-17(14-5-6-16(27-14)23(25)26)19-7-8-21-9-11-22(12-10-21)18-20-13-3-1-2-4-15(13)28-18/h1-6H,7-12H2,(H,19,24). The van der Waals surface area contributed by atoms with Crippen molar-refractivity contribution < 1.29 is 14.1 Å². The van der Waals surface area contributed by atoms with Gasteiger partial charge in [-0.3, -0.25) is 19.8 Å². The van der Waals surface area contributed by atoms with E-state index in [1.807, 2.05) is 18.2 Å². The molecule has 1 aliphatic heterocycles. The molecule has 2 aromatic heterocycles. The number of para-hydroxylation sites is 1. The van der Waals surface area contributed by atoms with E-state index in [4.69, 9.17) is 9.40 Å². The first-order valence-electron chi connectivity index (χ1n) is 8.95. The van der Waals surface area contributed by atoms with Crippen LogP contribution in [-0.2, 0) is 0 Å². The van der Waals surface area contributed by atoms with E-state index in [2.05, 4.69) is 21.2 Å². The van der Waals surface area contributed by atoms with Crippen LogP contribution in [0.4, 0.5) is 11.0 Å². The van der Waals surface area contributed by atoms with E-state index in [9.17, 15) is 14.9 Å². The molecule has 10 heteroatoms. The SMILES string of the molecule is O=C(NCCN1CCN(c2nc3ccccc3s2)CC1)c1ccc([N+](=O)[O-])o1. The predicted octanol–water partition coefficient (Wildman–Crippen LogP) is 2.35. The number of carbonyl (C=O) groups is 1. The van der Waals surface area contributed by atoms with Gasteiger partial charge in [0.2, 0.25) is 0 Å². The van der Waals surface area contributed by atoms with E-state index >= 15 is 0 Å². The summed E-state index contributed by atoms with van der Waals surface area (Å²) in [6, 6.07) is 10.6. The highest BCUT2D eigenvalue weighted by atomic mass is 32.1. The predicted molar refractivity (Wildman–Crippen MR) is 106 cm³/mol. The van der Waals surface area contributed by atoms with E-state index in [0.29, 0.717) is 13.1 Å². The summed E-state index contributed by atoms with van der Waals surface area (Å²) in [5, 5.41) is 14.4. The maximum atomic E-state index is 12.0. The fraction of sp³-hybridized carbons (Fsp3) is 0.333. The minimum Gasteiger partial charge on any atom is -0.395 e. The fourth-order valence-corrected chi connectivity index (χ4v) is 4.14. The lowest BCUT2D eigenvalue weighted by molar-refractivity contribution is -0.402. The molecule has 1 fully saturated rings. The summed E-state index contributed by atoms with van der Waals surface area (Å²) in [6.45, 7) is 4.71. The summed E-state index contributed by atoms with van der Waals surface area (Å²) in [7, 11) is 0. The largest absolute Gasteiger partial charge is 0.433 e. The summed E-state index contributed by atoms with van der Waals surface area (Å²) >= 11 is 1.71. The van der Waals surface area contributed by atoms with Crippen LogP contribution < -0.4 is 10.2 Å². The molecule has 0 bridgehead atoms. The molecule has 4 rings (SSSR count). The molecule has 1 aromatic carbocycles. The Hall–Kier alpha value is -2.98. The third-order valence-corrected chi connectivity index (χ3v) is 5.73. The number of nitrogens with one attached hydrogen (secondary N) is 1. The van der Waals surface area contributed by atoms with Gasteiger partial charge in [0.1, 0.15) is 4.92 Å². The molecule has 28 heavy (non-hydrogen) atoms. The number of amides is 1. The number of hydrogen-bond donors (Lipinski definition) is 1. The monoisotopic (exact) mass is 401 g/mol. The molecule has 0 saturated carbocycles. The molecule has 9 nitrogen and oxygen atoms in total. The second-order valence-electron chi connectivity index (χ2n) is 6.44. The quantitative estimate of drug-likeness (QED) is 0.499. The summed E-state index contributed by atoms with van der Waals surface area (Å²) in [4.78, 5) is 31.2. The molecule has 0 atom stereocenters. The molecular formula is C18H19N5O4S. The summed E-state index contributed by atoms with van der Waals surface area (Å²) in [5.74, 6) is -0.926. The van der Waals surface area contributed by atoms with Gasteiger partial charge in [-0.15, -0.1) is 0 Å². The molecule has 0 spiro atoms. The average Bonchev–Trinajstić information content (AvgIpc) is 3.36. The number of benzene rings is 1. The second kappa shape index (κ2) is 7.95. The topological polar surface area (TPSA) is 105 Å². The van der Waals surface area contributed by atoms with E-state index in [1.54, 1.807) is 11.3 Å². The Labute approximate surface area is 164 Å². The average molecular weight is 401 g/mol. The van der Waals surface area contributed by atoms with Gasteiger partial charge in [0.15, 0.2) is 10.9 Å². The molecule has 3 aromatic rings. The molecular weight excluding hydrogens is 382 g/mol. The van der Waals surface area contributed by atoms with Crippen molar-refractivity contribution >= 4 is 38.5 Å². The normalized spacial score (nSPS) is 15.1. The van der Waals surface area contributed by atoms with Gasteiger partial charge in [-0.25, -0.2) is 4.98 Å². The van der Waals surface area contributed by atoms with E-state index in [0.717, 1.165) is 36.8 Å². The summed E-state index contributed by atoms with van der Waals surface area (Å²) < 4.78 is 6.10. The zero-order valence-electron chi connectivity index (χ0n) is 15.0. The van der Waals surface area contributed by atoms with Crippen LogP contribution in [0.2, 0.25) is 0 Å². The van der Waals surface area contributed by atoms with E-state index < -0.39 is 16.7 Å². The highest BCUT2D eigenvalue weighted by molar-refractivity contribution is 7.22. The number of hydrogen-bond acceptors (Lipinski definition) is 8. The van der Waals surface area contributed by atoms with E-state index in [1.165, 1.54) is 16.8 Å². The minimum absolute atomic E-state index is 0.0487. The van der Waals surface area contributed by atoms with Crippen LogP contribution in [-0.4, -0.2) is 60.0 Å². The van der Waals surface area contributed by atoms with E-state index in [-0.39, 0.29) is 5.76 Å². The lowest BCUT2D eigenvalue weighted by Crippen LogP contribution is -2.48. The first-order valence-corrected chi connectivity index (χ1v) is 9.77. The van der Waals surface area contributed by atoms with Crippen LogP contribution in [0, 0.1) is 10.1 Å². The van der Waals surface area contributed by atoms with Crippen LogP contribution in [0.5, 0.6) is 0 Å². The number of fused-ring (bicyclic) bond motifs is 1. The maximum Gasteiger partial charge on any atom is 0.433 e.